The third-order valence-corrected chi connectivity index (χ3v) is 22.4. The third kappa shape index (κ3) is 80.1. The molecule has 0 aromatic carbocycles. The molecule has 0 fully saturated rings. The molecule has 19 heteroatoms. The number of phosphoric acid groups is 2. The molecule has 0 aliphatic heterocycles. The summed E-state index contributed by atoms with van der Waals surface area (Å²) >= 11 is 0. The number of aliphatic hydroxyl groups excluding tert-OH is 1. The van der Waals surface area contributed by atoms with E-state index < -0.39 is 97.5 Å². The molecule has 5 atom stereocenters. The van der Waals surface area contributed by atoms with Gasteiger partial charge in [-0.1, -0.05) is 414 Å². The number of carbonyl (C=O) groups is 4. The van der Waals surface area contributed by atoms with Crippen molar-refractivity contribution in [3.8, 4) is 0 Å². The molecular weight excluding hydrogens is 1380 g/mol. The first-order valence-corrected chi connectivity index (χ1v) is 48.0. The maximum Gasteiger partial charge on any atom is 0.472 e. The van der Waals surface area contributed by atoms with Crippen LogP contribution in [0.4, 0.5) is 0 Å². The second kappa shape index (κ2) is 78.3. The van der Waals surface area contributed by atoms with Crippen molar-refractivity contribution in [2.24, 2.45) is 11.8 Å². The van der Waals surface area contributed by atoms with Gasteiger partial charge in [-0.15, -0.1) is 0 Å². The normalized spacial score (nSPS) is 13.8. The monoisotopic (exact) mass is 1550 g/mol. The van der Waals surface area contributed by atoms with Gasteiger partial charge in [-0.25, -0.2) is 9.13 Å². The van der Waals surface area contributed by atoms with Crippen molar-refractivity contribution in [3.63, 3.8) is 0 Å². The number of rotatable bonds is 86. The van der Waals surface area contributed by atoms with Gasteiger partial charge in [0.2, 0.25) is 0 Å². The summed E-state index contributed by atoms with van der Waals surface area (Å²) < 4.78 is 68.9. The van der Waals surface area contributed by atoms with Gasteiger partial charge in [0.25, 0.3) is 0 Å². The number of hydrogen-bond acceptors (Lipinski definition) is 15. The molecule has 0 rings (SSSR count). The Kier molecular flexibility index (Phi) is 76.9. The Morgan fingerprint density at radius 1 is 0.255 bits per heavy atom. The van der Waals surface area contributed by atoms with Crippen molar-refractivity contribution in [1.82, 2.24) is 0 Å². The third-order valence-electron chi connectivity index (χ3n) is 20.5. The molecule has 0 aromatic heterocycles. The van der Waals surface area contributed by atoms with Crippen LogP contribution >= 0.6 is 15.6 Å². The fourth-order valence-electron chi connectivity index (χ4n) is 13.6. The van der Waals surface area contributed by atoms with E-state index in [1.54, 1.807) is 0 Å². The predicted octanol–water partition coefficient (Wildman–Crippen LogP) is 26.6. The van der Waals surface area contributed by atoms with Gasteiger partial charge < -0.3 is 33.8 Å². The molecule has 3 N–H and O–H groups in total. The number of esters is 4. The minimum atomic E-state index is -4.97. The quantitative estimate of drug-likeness (QED) is 0.0222. The van der Waals surface area contributed by atoms with E-state index >= 15 is 0 Å². The first kappa shape index (κ1) is 104. The lowest BCUT2D eigenvalue weighted by Gasteiger charge is -2.21. The summed E-state index contributed by atoms with van der Waals surface area (Å²) in [6.07, 6.45) is 70.9. The SMILES string of the molecule is CCCCCCCCCCCCCCCCCCCC(=O)O[C@H](COC(=O)CCCCCCCCCCC)COP(=O)(O)OC[C@H](O)COP(=O)(O)OC[C@@H](COC(=O)CCCCCCCCCCCCCCCCCCC(C)C)OC(=O)CCCCCCCCCCCCCCCCCCCCC(C)C. The summed E-state index contributed by atoms with van der Waals surface area (Å²) in [5, 5.41) is 10.7. The van der Waals surface area contributed by atoms with Gasteiger partial charge in [0.05, 0.1) is 26.4 Å². The van der Waals surface area contributed by atoms with Crippen molar-refractivity contribution < 1.29 is 80.2 Å². The van der Waals surface area contributed by atoms with Gasteiger partial charge in [-0.2, -0.15) is 0 Å². The van der Waals surface area contributed by atoms with Crippen LogP contribution in [0.5, 0.6) is 0 Å². The molecule has 106 heavy (non-hydrogen) atoms. The van der Waals surface area contributed by atoms with Crippen LogP contribution in [-0.4, -0.2) is 96.7 Å². The number of aliphatic hydroxyl groups is 1. The van der Waals surface area contributed by atoms with E-state index in [9.17, 15) is 43.2 Å². The highest BCUT2D eigenvalue weighted by molar-refractivity contribution is 7.47. The summed E-state index contributed by atoms with van der Waals surface area (Å²) in [6, 6.07) is 0. The van der Waals surface area contributed by atoms with E-state index in [0.29, 0.717) is 25.7 Å². The molecule has 630 valence electrons. The largest absolute Gasteiger partial charge is 0.472 e. The first-order chi connectivity index (χ1) is 51.4. The molecule has 0 spiro atoms. The minimum absolute atomic E-state index is 0.109. The van der Waals surface area contributed by atoms with Crippen molar-refractivity contribution in [2.75, 3.05) is 39.6 Å². The van der Waals surface area contributed by atoms with Crippen LogP contribution in [-0.2, 0) is 65.4 Å². The van der Waals surface area contributed by atoms with Crippen LogP contribution in [0, 0.1) is 11.8 Å². The zero-order valence-corrected chi connectivity index (χ0v) is 71.5. The van der Waals surface area contributed by atoms with Crippen LogP contribution in [0.2, 0.25) is 0 Å². The van der Waals surface area contributed by atoms with Crippen LogP contribution < -0.4 is 0 Å². The Balaban J connectivity index is 5.20. The van der Waals surface area contributed by atoms with Crippen LogP contribution in [0.25, 0.3) is 0 Å². The molecule has 0 saturated carbocycles. The van der Waals surface area contributed by atoms with Gasteiger partial charge in [-0.3, -0.25) is 37.3 Å². The highest BCUT2D eigenvalue weighted by Gasteiger charge is 2.30. The topological polar surface area (TPSA) is 237 Å². The summed E-state index contributed by atoms with van der Waals surface area (Å²) in [5.74, 6) is -0.468. The Morgan fingerprint density at radius 3 is 0.642 bits per heavy atom. The van der Waals surface area contributed by atoms with Crippen molar-refractivity contribution in [1.29, 1.82) is 0 Å². The van der Waals surface area contributed by atoms with Gasteiger partial charge in [0.15, 0.2) is 12.2 Å². The molecule has 0 saturated heterocycles. The molecule has 0 bridgehead atoms. The Labute approximate surface area is 651 Å². The van der Waals surface area contributed by atoms with E-state index in [-0.39, 0.29) is 25.7 Å². The second-order valence-corrected chi connectivity index (χ2v) is 35.1. The Bertz CT molecular complexity index is 2030. The average molecular weight is 1550 g/mol. The Hall–Kier alpha value is -1.94. The van der Waals surface area contributed by atoms with E-state index in [2.05, 4.69) is 41.5 Å². The van der Waals surface area contributed by atoms with Crippen LogP contribution in [0.15, 0.2) is 0 Å². The summed E-state index contributed by atoms with van der Waals surface area (Å²) in [6.45, 7) is 9.73. The van der Waals surface area contributed by atoms with Gasteiger partial charge in [0, 0.05) is 25.7 Å². The minimum Gasteiger partial charge on any atom is -0.462 e. The fourth-order valence-corrected chi connectivity index (χ4v) is 15.2. The highest BCUT2D eigenvalue weighted by atomic mass is 31.2. The molecule has 2 unspecified atom stereocenters. The first-order valence-electron chi connectivity index (χ1n) is 45.0. The smallest absolute Gasteiger partial charge is 0.462 e. The lowest BCUT2D eigenvalue weighted by Crippen LogP contribution is -2.30. The molecule has 0 aliphatic carbocycles. The van der Waals surface area contributed by atoms with Crippen LogP contribution in [0.1, 0.15) is 465 Å². The lowest BCUT2D eigenvalue weighted by atomic mass is 10.0. The van der Waals surface area contributed by atoms with Gasteiger partial charge in [0.1, 0.15) is 19.3 Å². The van der Waals surface area contributed by atoms with E-state index in [1.807, 2.05) is 0 Å². The van der Waals surface area contributed by atoms with Crippen LogP contribution in [0.3, 0.4) is 0 Å². The summed E-state index contributed by atoms with van der Waals surface area (Å²) in [7, 11) is -9.93. The van der Waals surface area contributed by atoms with Gasteiger partial charge in [-0.05, 0) is 37.5 Å². The predicted molar refractivity (Wildman–Crippen MR) is 437 cm³/mol. The lowest BCUT2D eigenvalue weighted by molar-refractivity contribution is -0.161. The van der Waals surface area contributed by atoms with Crippen molar-refractivity contribution in [2.45, 2.75) is 484 Å². The molecular formula is C87H170O17P2. The Morgan fingerprint density at radius 2 is 0.434 bits per heavy atom. The van der Waals surface area contributed by atoms with Crippen molar-refractivity contribution >= 4 is 39.5 Å². The number of hydrogen-bond donors (Lipinski definition) is 3. The van der Waals surface area contributed by atoms with E-state index in [4.69, 9.17) is 37.0 Å². The molecule has 0 heterocycles. The number of ether oxygens (including phenoxy) is 4. The van der Waals surface area contributed by atoms with Crippen molar-refractivity contribution in [3.05, 3.63) is 0 Å². The van der Waals surface area contributed by atoms with Gasteiger partial charge >= 0.3 is 39.5 Å². The second-order valence-electron chi connectivity index (χ2n) is 32.2. The standard InChI is InChI=1S/C87H170O17P2/c1-7-9-11-13-15-17-18-19-20-23-31-36-41-47-53-59-65-71-86(91)103-82(75-97-84(89)69-63-57-51-43-16-14-12-10-8-2)77-101-105(93,94)99-73-81(88)74-100-106(95,96)102-78-83(76-98-85(90)70-64-58-52-46-40-35-30-27-26-29-34-39-45-50-56-62-68-80(5)6)104-87(92)72-66-60-54-48-42-37-32-25-22-21-24-28-33-38-44-49-55-61-67-79(3)4/h79-83,88H,7-78H2,1-6H3,(H,93,94)(H,95,96)/t81-,82+,83+/m0/s1. The number of unbranched alkanes of at least 4 members (excludes halogenated alkanes) is 56. The molecule has 0 radical (unpaired) electrons. The molecule has 17 nitrogen and oxygen atoms in total. The zero-order chi connectivity index (χ0) is 77.8. The maximum atomic E-state index is 13.2. The average Bonchev–Trinajstić information content (AvgIpc) is 0.901. The zero-order valence-electron chi connectivity index (χ0n) is 69.7. The molecule has 0 amide bonds. The number of phosphoric ester groups is 2. The van der Waals surface area contributed by atoms with E-state index in [0.717, 1.165) is 102 Å². The summed E-state index contributed by atoms with van der Waals surface area (Å²) in [5.41, 5.74) is 0. The fraction of sp³-hybridized carbons (Fsp3) is 0.954. The summed E-state index contributed by atoms with van der Waals surface area (Å²) in [4.78, 5) is 73.2. The highest BCUT2D eigenvalue weighted by Crippen LogP contribution is 2.45. The maximum absolute atomic E-state index is 13.2. The van der Waals surface area contributed by atoms with E-state index in [1.165, 1.54) is 283 Å². The molecule has 0 aliphatic rings. The molecule has 0 aromatic rings. The number of carbonyl (C=O) groups excluding carboxylic acids is 4.